The van der Waals surface area contributed by atoms with Crippen molar-refractivity contribution in [2.45, 2.75) is 57.3 Å². The number of carbonyl (C=O) groups is 3. The van der Waals surface area contributed by atoms with Crippen LogP contribution in [0.3, 0.4) is 0 Å². The Hall–Kier alpha value is -10.2. The van der Waals surface area contributed by atoms with Crippen LogP contribution in [-0.2, 0) is 19.5 Å². The van der Waals surface area contributed by atoms with Crippen molar-refractivity contribution in [2.75, 3.05) is 91.0 Å². The van der Waals surface area contributed by atoms with Gasteiger partial charge in [-0.2, -0.15) is 0 Å². The Morgan fingerprint density at radius 2 is 0.907 bits per heavy atom. The fraction of sp³-hybridized carbons (Fsp3) is 0.278. The highest BCUT2D eigenvalue weighted by Crippen LogP contribution is 2.38. The number of carbonyl (C=O) groups excluding carboxylic acids is 3. The zero-order chi connectivity index (χ0) is 65.7. The number of hydrogen-bond acceptors (Lipinski definition) is 17. The Morgan fingerprint density at radius 1 is 0.454 bits per heavy atom. The van der Waals surface area contributed by atoms with Gasteiger partial charge in [-0.1, -0.05) is 109 Å². The fourth-order valence-corrected chi connectivity index (χ4v) is 15.2. The van der Waals surface area contributed by atoms with Crippen LogP contribution in [-0.4, -0.2) is 185 Å². The summed E-state index contributed by atoms with van der Waals surface area (Å²) in [5.74, 6) is 4.97. The first-order valence-corrected chi connectivity index (χ1v) is 33.9. The van der Waals surface area contributed by atoms with E-state index in [1.54, 1.807) is 12.1 Å². The Bertz CT molecular complexity index is 4600. The van der Waals surface area contributed by atoms with Crippen molar-refractivity contribution in [1.82, 2.24) is 34.3 Å². The predicted molar refractivity (Wildman–Crippen MR) is 382 cm³/mol. The predicted octanol–water partition coefficient (Wildman–Crippen LogP) is 11.7. The molecule has 0 amide bonds. The number of amidine groups is 6. The zero-order valence-electron chi connectivity index (χ0n) is 54.6. The second kappa shape index (κ2) is 26.4. The molecule has 6 aromatic rings. The normalized spacial score (nSPS) is 19.7. The number of benzene rings is 6. The number of anilines is 1. The van der Waals surface area contributed by atoms with Crippen LogP contribution in [0.5, 0.6) is 0 Å². The summed E-state index contributed by atoms with van der Waals surface area (Å²) in [6, 6.07) is 44.8. The van der Waals surface area contributed by atoms with Crippen LogP contribution in [0.4, 0.5) is 27.1 Å². The van der Waals surface area contributed by atoms with Crippen molar-refractivity contribution in [3.05, 3.63) is 261 Å². The maximum atomic E-state index is 13.6. The van der Waals surface area contributed by atoms with Crippen molar-refractivity contribution >= 4 is 75.1 Å². The molecule has 0 radical (unpaired) electrons. The minimum atomic E-state index is -0.180. The van der Waals surface area contributed by atoms with E-state index in [0.717, 1.165) is 176 Å². The van der Waals surface area contributed by atoms with Crippen LogP contribution >= 0.6 is 0 Å². The summed E-state index contributed by atoms with van der Waals surface area (Å²) < 4.78 is 13.6. The van der Waals surface area contributed by atoms with Crippen molar-refractivity contribution in [3.63, 3.8) is 0 Å². The highest BCUT2D eigenvalue weighted by atomic mass is 19.1. The third kappa shape index (κ3) is 12.5. The lowest BCUT2D eigenvalue weighted by Crippen LogP contribution is -2.44. The van der Waals surface area contributed by atoms with Gasteiger partial charge in [-0.15, -0.1) is 0 Å². The van der Waals surface area contributed by atoms with Crippen LogP contribution in [0.25, 0.3) is 0 Å². The van der Waals surface area contributed by atoms with E-state index in [2.05, 4.69) is 173 Å². The van der Waals surface area contributed by atoms with Gasteiger partial charge in [0.1, 0.15) is 60.5 Å². The molecule has 0 aliphatic carbocycles. The molecule has 0 unspecified atom stereocenters. The fourth-order valence-electron chi connectivity index (χ4n) is 15.2. The summed E-state index contributed by atoms with van der Waals surface area (Å²) in [5.41, 5.74) is 15.8. The van der Waals surface area contributed by atoms with E-state index in [1.807, 2.05) is 71.6 Å². The van der Waals surface area contributed by atoms with Crippen LogP contribution < -0.4 is 4.90 Å². The number of nitrogens with zero attached hydrogens (tertiary/aromatic N) is 14. The van der Waals surface area contributed by atoms with Gasteiger partial charge in [0.2, 0.25) is 0 Å². The third-order valence-electron chi connectivity index (χ3n) is 20.3. The molecule has 18 rings (SSSR count). The SMILES string of the molecule is CN(CC1=CN2C(=Nc3cccc4c3C2=NCC4=O)C=C1)C1CCN(Cc2ccccc2)CC1.CN(CC1=CN2C(=Nc3cccc4c3C2=NCC4=O)C=C1)C1CCN(c2ccccc2)CC1.O=C1CN=C2c3c(cccc31)N=C1C=CC(CN3CCc4ccc(F)cc4C3)=CN12. The Morgan fingerprint density at radius 3 is 1.40 bits per heavy atom. The quantitative estimate of drug-likeness (QED) is 0.122. The van der Waals surface area contributed by atoms with Gasteiger partial charge < -0.3 is 4.90 Å². The van der Waals surface area contributed by atoms with Crippen LogP contribution in [0.15, 0.2) is 235 Å². The largest absolute Gasteiger partial charge is 0.371 e. The average Bonchev–Trinajstić information content (AvgIpc) is 0.786. The van der Waals surface area contributed by atoms with E-state index >= 15 is 0 Å². The van der Waals surface area contributed by atoms with E-state index in [0.29, 0.717) is 17.6 Å². The van der Waals surface area contributed by atoms with E-state index in [1.165, 1.54) is 40.8 Å². The Balaban J connectivity index is 0.000000114. The highest BCUT2D eigenvalue weighted by Gasteiger charge is 2.37. The molecule has 18 heteroatoms. The van der Waals surface area contributed by atoms with Crippen LogP contribution in [0.2, 0.25) is 0 Å². The van der Waals surface area contributed by atoms with Gasteiger partial charge in [0, 0.05) is 105 Å². The lowest BCUT2D eigenvalue weighted by Gasteiger charge is -2.38. The van der Waals surface area contributed by atoms with E-state index in [9.17, 15) is 18.8 Å². The number of Topliss-reactive ketones (excluding diaryl/α,β-unsaturated/α-hetero) is 3. The molecule has 486 valence electrons. The van der Waals surface area contributed by atoms with Gasteiger partial charge in [0.15, 0.2) is 17.3 Å². The van der Waals surface area contributed by atoms with E-state index in [4.69, 9.17) is 15.0 Å². The number of ketones is 3. The number of hydrogen-bond donors (Lipinski definition) is 0. The summed E-state index contributed by atoms with van der Waals surface area (Å²) in [6.45, 7) is 10.2. The number of piperidine rings is 2. The number of likely N-dealkylation sites (N-methyl/N-ethyl adjacent to an activating group) is 2. The molecule has 17 nitrogen and oxygen atoms in total. The maximum Gasteiger partial charge on any atom is 0.185 e. The van der Waals surface area contributed by atoms with E-state index < -0.39 is 0 Å². The molecular formula is C79H75FN14O3. The minimum Gasteiger partial charge on any atom is -0.371 e. The lowest BCUT2D eigenvalue weighted by molar-refractivity contribution is 0.0992. The second-order valence-electron chi connectivity index (χ2n) is 26.7. The minimum absolute atomic E-state index is 0.0326. The smallest absolute Gasteiger partial charge is 0.185 e. The molecule has 12 aliphatic rings. The molecule has 12 heterocycles. The molecule has 12 aliphatic heterocycles. The molecule has 0 aromatic heterocycles. The number of aliphatic imine (C=N–C) groups is 6. The van der Waals surface area contributed by atoms with Gasteiger partial charge in [0.25, 0.3) is 0 Å². The molecule has 6 aromatic carbocycles. The number of likely N-dealkylation sites (tertiary alicyclic amines) is 1. The first kappa shape index (κ1) is 61.6. The monoisotopic (exact) mass is 1290 g/mol. The maximum absolute atomic E-state index is 13.6. The summed E-state index contributed by atoms with van der Waals surface area (Å²) in [6.07, 6.45) is 24.5. The van der Waals surface area contributed by atoms with Gasteiger partial charge in [-0.3, -0.25) is 63.7 Å². The molecule has 0 bridgehead atoms. The highest BCUT2D eigenvalue weighted by molar-refractivity contribution is 6.27. The Kier molecular flexibility index (Phi) is 16.8. The van der Waals surface area contributed by atoms with Gasteiger partial charge in [-0.05, 0) is 153 Å². The molecule has 0 N–H and O–H groups in total. The van der Waals surface area contributed by atoms with Crippen LogP contribution in [0.1, 0.15) is 90.1 Å². The van der Waals surface area contributed by atoms with E-state index in [-0.39, 0.29) is 42.8 Å². The van der Waals surface area contributed by atoms with Crippen molar-refractivity contribution in [1.29, 1.82) is 0 Å². The first-order chi connectivity index (χ1) is 47.5. The zero-order valence-corrected chi connectivity index (χ0v) is 54.6. The molecule has 2 saturated heterocycles. The molecule has 97 heavy (non-hydrogen) atoms. The molecule has 0 atom stereocenters. The average molecular weight is 1290 g/mol. The van der Waals surface area contributed by atoms with Crippen LogP contribution in [0, 0.1) is 5.82 Å². The summed E-state index contributed by atoms with van der Waals surface area (Å²) in [4.78, 5) is 83.6. The lowest BCUT2D eigenvalue weighted by atomic mass is 9.95. The third-order valence-corrected chi connectivity index (χ3v) is 20.3. The van der Waals surface area contributed by atoms with Gasteiger partial charge in [-0.25, -0.2) is 19.4 Å². The number of fused-ring (bicyclic) bond motifs is 7. The molecule has 0 saturated carbocycles. The topological polar surface area (TPSA) is 151 Å². The summed E-state index contributed by atoms with van der Waals surface area (Å²) in [7, 11) is 4.46. The number of para-hydroxylation sites is 1. The number of halogens is 1. The van der Waals surface area contributed by atoms with Gasteiger partial charge in [0.05, 0.1) is 33.8 Å². The summed E-state index contributed by atoms with van der Waals surface area (Å²) >= 11 is 0. The molecule has 0 spiro atoms. The van der Waals surface area contributed by atoms with Crippen molar-refractivity contribution < 1.29 is 18.8 Å². The number of rotatable bonds is 11. The van der Waals surface area contributed by atoms with Crippen molar-refractivity contribution in [2.24, 2.45) is 30.0 Å². The standard InChI is InChI=1S/C28H29N5O.C27H27N5O.C24H19FN4O/c1-31(22-12-14-32(15-13-22)18-20-6-3-2-4-7-20)17-21-10-11-26-30-24-9-5-8-23-25(34)16-29-28(27(23)24)33(26)19-21;1-30(20-12-14-31(15-13-20)21-6-3-2-4-7-21)17-19-10-11-25-29-23-9-5-8-22-24(33)16-28-27(26(22)23)32(25)18-19;25-18-6-5-16-8-9-28(14-17(16)10-18)12-15-4-7-22-27-20-3-1-2-19-21(30)11-26-24(23(19)20)29(22)13-15/h2-11,19,22H,12-18H2,1H3;2-11,18,20H,12-17H2,1H3;1-7,10,13H,8-9,11-12,14H2. The molecular weight excluding hydrogens is 1210 g/mol. The van der Waals surface area contributed by atoms with Crippen molar-refractivity contribution in [3.8, 4) is 0 Å². The summed E-state index contributed by atoms with van der Waals surface area (Å²) in [5, 5.41) is 0. The molecule has 2 fully saturated rings. The van der Waals surface area contributed by atoms with Gasteiger partial charge >= 0.3 is 0 Å². The second-order valence-corrected chi connectivity index (χ2v) is 26.7. The first-order valence-electron chi connectivity index (χ1n) is 33.9. The Labute approximate surface area is 564 Å².